The summed E-state index contributed by atoms with van der Waals surface area (Å²) in [5, 5.41) is 3.46. The fraction of sp³-hybridized carbons (Fsp3) is 1.00. The van der Waals surface area contributed by atoms with E-state index in [2.05, 4.69) is 19.2 Å². The van der Waals surface area contributed by atoms with Gasteiger partial charge >= 0.3 is 0 Å². The molecule has 3 heteroatoms. The SMILES string of the molecule is CCCCCCCC(N)NCCCCCCCCOCCCC. The molecule has 0 aliphatic heterocycles. The average molecular weight is 329 g/mol. The van der Waals surface area contributed by atoms with Crippen molar-refractivity contribution < 1.29 is 4.74 Å². The first-order chi connectivity index (χ1) is 11.3. The summed E-state index contributed by atoms with van der Waals surface area (Å²) >= 11 is 0. The third-order valence-electron chi connectivity index (χ3n) is 4.38. The van der Waals surface area contributed by atoms with Gasteiger partial charge in [-0.2, -0.15) is 0 Å². The normalized spacial score (nSPS) is 12.7. The Hall–Kier alpha value is -0.120. The van der Waals surface area contributed by atoms with Crippen LogP contribution in [0.25, 0.3) is 0 Å². The van der Waals surface area contributed by atoms with Gasteiger partial charge in [0.2, 0.25) is 0 Å². The molecule has 0 aliphatic rings. The van der Waals surface area contributed by atoms with Crippen LogP contribution in [-0.2, 0) is 4.74 Å². The molecule has 0 aliphatic carbocycles. The molecule has 0 rings (SSSR count). The van der Waals surface area contributed by atoms with Crippen molar-refractivity contribution in [3.63, 3.8) is 0 Å². The lowest BCUT2D eigenvalue weighted by molar-refractivity contribution is 0.127. The first kappa shape index (κ1) is 22.9. The maximum Gasteiger partial charge on any atom is 0.0546 e. The van der Waals surface area contributed by atoms with Crippen LogP contribution in [0.1, 0.15) is 104 Å². The molecule has 140 valence electrons. The van der Waals surface area contributed by atoms with Crippen molar-refractivity contribution in [2.75, 3.05) is 19.8 Å². The highest BCUT2D eigenvalue weighted by atomic mass is 16.5. The van der Waals surface area contributed by atoms with Gasteiger partial charge in [0, 0.05) is 13.2 Å². The molecule has 0 spiro atoms. The second-order valence-corrected chi connectivity index (χ2v) is 6.85. The Labute approximate surface area is 146 Å². The maximum absolute atomic E-state index is 6.09. The number of nitrogens with one attached hydrogen (secondary N) is 1. The molecule has 1 atom stereocenters. The van der Waals surface area contributed by atoms with E-state index in [1.807, 2.05) is 0 Å². The Bertz CT molecular complexity index is 212. The standard InChI is InChI=1S/C20H44N2O/c1-3-5-7-10-13-16-20(21)22-17-14-11-8-9-12-15-19-23-18-6-4-2/h20,22H,3-19,21H2,1-2H3. The van der Waals surface area contributed by atoms with Crippen LogP contribution in [0.3, 0.4) is 0 Å². The molecule has 0 heterocycles. The average Bonchev–Trinajstić information content (AvgIpc) is 2.55. The van der Waals surface area contributed by atoms with Gasteiger partial charge in [-0.05, 0) is 32.2 Å². The molecule has 0 radical (unpaired) electrons. The van der Waals surface area contributed by atoms with Gasteiger partial charge in [0.15, 0.2) is 0 Å². The van der Waals surface area contributed by atoms with Crippen LogP contribution in [0.4, 0.5) is 0 Å². The van der Waals surface area contributed by atoms with Crippen molar-refractivity contribution in [1.29, 1.82) is 0 Å². The Balaban J connectivity index is 3.08. The number of nitrogens with two attached hydrogens (primary N) is 1. The first-order valence-corrected chi connectivity index (χ1v) is 10.4. The highest BCUT2D eigenvalue weighted by Crippen LogP contribution is 2.07. The third-order valence-corrected chi connectivity index (χ3v) is 4.38. The predicted molar refractivity (Wildman–Crippen MR) is 103 cm³/mol. The summed E-state index contributed by atoms with van der Waals surface area (Å²) in [7, 11) is 0. The topological polar surface area (TPSA) is 47.3 Å². The number of hydrogen-bond acceptors (Lipinski definition) is 3. The molecular formula is C20H44N2O. The molecule has 3 N–H and O–H groups in total. The Morgan fingerprint density at radius 1 is 0.696 bits per heavy atom. The van der Waals surface area contributed by atoms with Gasteiger partial charge in [-0.25, -0.2) is 0 Å². The van der Waals surface area contributed by atoms with E-state index >= 15 is 0 Å². The van der Waals surface area contributed by atoms with Crippen LogP contribution in [0.5, 0.6) is 0 Å². The molecule has 0 amide bonds. The number of hydrogen-bond donors (Lipinski definition) is 2. The van der Waals surface area contributed by atoms with Crippen molar-refractivity contribution in [3.05, 3.63) is 0 Å². The van der Waals surface area contributed by atoms with Crippen LogP contribution in [0.2, 0.25) is 0 Å². The van der Waals surface area contributed by atoms with Crippen molar-refractivity contribution in [3.8, 4) is 0 Å². The Morgan fingerprint density at radius 3 is 2.00 bits per heavy atom. The first-order valence-electron chi connectivity index (χ1n) is 10.4. The molecular weight excluding hydrogens is 284 g/mol. The van der Waals surface area contributed by atoms with E-state index < -0.39 is 0 Å². The van der Waals surface area contributed by atoms with Crippen molar-refractivity contribution in [2.45, 2.75) is 110 Å². The van der Waals surface area contributed by atoms with E-state index in [-0.39, 0.29) is 6.17 Å². The van der Waals surface area contributed by atoms with E-state index in [9.17, 15) is 0 Å². The smallest absolute Gasteiger partial charge is 0.0546 e. The van der Waals surface area contributed by atoms with E-state index in [0.29, 0.717) is 0 Å². The highest BCUT2D eigenvalue weighted by molar-refractivity contribution is 4.59. The van der Waals surface area contributed by atoms with Gasteiger partial charge in [0.1, 0.15) is 0 Å². The van der Waals surface area contributed by atoms with Crippen molar-refractivity contribution >= 4 is 0 Å². The lowest BCUT2D eigenvalue weighted by atomic mass is 10.1. The van der Waals surface area contributed by atoms with Gasteiger partial charge in [-0.1, -0.05) is 78.1 Å². The van der Waals surface area contributed by atoms with Crippen LogP contribution in [0.15, 0.2) is 0 Å². The summed E-state index contributed by atoms with van der Waals surface area (Å²) in [5.74, 6) is 0. The summed E-state index contributed by atoms with van der Waals surface area (Å²) in [4.78, 5) is 0. The number of rotatable bonds is 19. The van der Waals surface area contributed by atoms with Gasteiger partial charge in [0.25, 0.3) is 0 Å². The fourth-order valence-electron chi connectivity index (χ4n) is 2.74. The summed E-state index contributed by atoms with van der Waals surface area (Å²) in [6.07, 6.45) is 18.3. The summed E-state index contributed by atoms with van der Waals surface area (Å²) in [6, 6.07) is 0. The predicted octanol–water partition coefficient (Wildman–Crippen LogP) is 5.38. The van der Waals surface area contributed by atoms with Crippen molar-refractivity contribution in [2.24, 2.45) is 5.73 Å². The third kappa shape index (κ3) is 19.8. The maximum atomic E-state index is 6.09. The monoisotopic (exact) mass is 328 g/mol. The van der Waals surface area contributed by atoms with E-state index in [1.165, 1.54) is 83.5 Å². The molecule has 23 heavy (non-hydrogen) atoms. The van der Waals surface area contributed by atoms with Crippen LogP contribution in [-0.4, -0.2) is 25.9 Å². The van der Waals surface area contributed by atoms with Gasteiger partial charge in [-0.3, -0.25) is 0 Å². The van der Waals surface area contributed by atoms with Gasteiger partial charge in [-0.15, -0.1) is 0 Å². The van der Waals surface area contributed by atoms with E-state index in [1.54, 1.807) is 0 Å². The fourth-order valence-corrected chi connectivity index (χ4v) is 2.74. The molecule has 0 aromatic carbocycles. The zero-order valence-electron chi connectivity index (χ0n) is 16.1. The van der Waals surface area contributed by atoms with Crippen molar-refractivity contribution in [1.82, 2.24) is 5.32 Å². The molecule has 0 aromatic heterocycles. The van der Waals surface area contributed by atoms with Crippen LogP contribution >= 0.6 is 0 Å². The highest BCUT2D eigenvalue weighted by Gasteiger charge is 2.00. The zero-order valence-corrected chi connectivity index (χ0v) is 16.1. The minimum atomic E-state index is 0.205. The van der Waals surface area contributed by atoms with E-state index in [0.717, 1.165) is 26.2 Å². The Kier molecular flexibility index (Phi) is 19.8. The van der Waals surface area contributed by atoms with Gasteiger partial charge < -0.3 is 15.8 Å². The molecule has 0 bridgehead atoms. The molecule has 0 saturated heterocycles. The lowest BCUT2D eigenvalue weighted by Crippen LogP contribution is -2.37. The summed E-state index contributed by atoms with van der Waals surface area (Å²) < 4.78 is 5.58. The van der Waals surface area contributed by atoms with E-state index in [4.69, 9.17) is 10.5 Å². The molecule has 0 fully saturated rings. The second-order valence-electron chi connectivity index (χ2n) is 6.85. The second kappa shape index (κ2) is 19.9. The molecule has 0 aromatic rings. The van der Waals surface area contributed by atoms with Crippen LogP contribution in [0, 0.1) is 0 Å². The summed E-state index contributed by atoms with van der Waals surface area (Å²) in [6.45, 7) is 7.44. The molecule has 3 nitrogen and oxygen atoms in total. The van der Waals surface area contributed by atoms with Gasteiger partial charge in [0.05, 0.1) is 6.17 Å². The number of unbranched alkanes of at least 4 members (excludes halogenated alkanes) is 10. The largest absolute Gasteiger partial charge is 0.381 e. The minimum absolute atomic E-state index is 0.205. The minimum Gasteiger partial charge on any atom is -0.381 e. The lowest BCUT2D eigenvalue weighted by Gasteiger charge is -2.13. The summed E-state index contributed by atoms with van der Waals surface area (Å²) in [5.41, 5.74) is 6.09. The zero-order chi connectivity index (χ0) is 17.0. The number of ether oxygens (including phenoxy) is 1. The molecule has 1 unspecified atom stereocenters. The van der Waals surface area contributed by atoms with Crippen LogP contribution < -0.4 is 11.1 Å². The quantitative estimate of drug-likeness (QED) is 0.247. The Morgan fingerprint density at radius 2 is 1.26 bits per heavy atom. The molecule has 0 saturated carbocycles.